The Morgan fingerprint density at radius 1 is 1.10 bits per heavy atom. The molecule has 0 saturated carbocycles. The molecule has 5 rings (SSSR count). The molecule has 2 aromatic carbocycles. The third-order valence-corrected chi connectivity index (χ3v) is 6.33. The van der Waals surface area contributed by atoms with Gasteiger partial charge >= 0.3 is 0 Å². The molecule has 0 saturated heterocycles. The van der Waals surface area contributed by atoms with E-state index in [0.717, 1.165) is 24.3 Å². The smallest absolute Gasteiger partial charge is 0.241 e. The van der Waals surface area contributed by atoms with E-state index in [1.807, 2.05) is 35.6 Å². The quantitative estimate of drug-likeness (QED) is 0.472. The minimum absolute atomic E-state index is 0.211. The molecule has 3 heterocycles. The highest BCUT2D eigenvalue weighted by molar-refractivity contribution is 7.10. The highest BCUT2D eigenvalue weighted by Crippen LogP contribution is 2.38. The molecule has 0 aliphatic carbocycles. The number of nitrogens with zero attached hydrogens (tertiary/aromatic N) is 3. The second-order valence-corrected chi connectivity index (χ2v) is 8.07. The van der Waals surface area contributed by atoms with Gasteiger partial charge in [-0.1, -0.05) is 35.5 Å². The van der Waals surface area contributed by atoms with Gasteiger partial charge in [0.05, 0.1) is 19.7 Å². The summed E-state index contributed by atoms with van der Waals surface area (Å²) >= 11 is 1.85. The van der Waals surface area contributed by atoms with Gasteiger partial charge in [0.1, 0.15) is 5.75 Å². The molecular weight excluding hydrogens is 382 g/mol. The van der Waals surface area contributed by atoms with Crippen LogP contribution in [0.1, 0.15) is 27.9 Å². The van der Waals surface area contributed by atoms with Crippen molar-refractivity contribution in [1.29, 1.82) is 0 Å². The second-order valence-electron chi connectivity index (χ2n) is 7.07. The van der Waals surface area contributed by atoms with Crippen LogP contribution in [0, 0.1) is 0 Å². The number of ether oxygens (including phenoxy) is 1. The third-order valence-electron chi connectivity index (χ3n) is 5.34. The average Bonchev–Trinajstić information content (AvgIpc) is 3.44. The minimum Gasteiger partial charge on any atom is -0.497 e. The molecule has 2 aromatic heterocycles. The minimum atomic E-state index is 0.211. The SMILES string of the molecule is COc1ccc(-c2noc(CN3CCc4sccc4C3c3ccccc3)n2)cc1. The van der Waals surface area contributed by atoms with Gasteiger partial charge in [0.2, 0.25) is 11.7 Å². The molecule has 0 bridgehead atoms. The topological polar surface area (TPSA) is 51.4 Å². The van der Waals surface area contributed by atoms with E-state index in [1.54, 1.807) is 7.11 Å². The summed E-state index contributed by atoms with van der Waals surface area (Å²) in [7, 11) is 1.65. The van der Waals surface area contributed by atoms with Crippen molar-refractivity contribution in [2.75, 3.05) is 13.7 Å². The summed E-state index contributed by atoms with van der Waals surface area (Å²) in [6, 6.07) is 20.8. The van der Waals surface area contributed by atoms with Crippen LogP contribution in [-0.2, 0) is 13.0 Å². The predicted octanol–water partition coefficient (Wildman–Crippen LogP) is 4.95. The molecule has 0 radical (unpaired) electrons. The molecule has 1 aliphatic heterocycles. The molecule has 6 heteroatoms. The van der Waals surface area contributed by atoms with Gasteiger partial charge in [0, 0.05) is 17.0 Å². The molecule has 1 aliphatic rings. The Balaban J connectivity index is 1.41. The summed E-state index contributed by atoms with van der Waals surface area (Å²) in [6.45, 7) is 1.59. The van der Waals surface area contributed by atoms with E-state index >= 15 is 0 Å². The number of rotatable bonds is 5. The Labute approximate surface area is 173 Å². The zero-order chi connectivity index (χ0) is 19.6. The van der Waals surface area contributed by atoms with Gasteiger partial charge in [0.15, 0.2) is 0 Å². The number of aromatic nitrogens is 2. The summed E-state index contributed by atoms with van der Waals surface area (Å²) in [6.07, 6.45) is 1.05. The van der Waals surface area contributed by atoms with Gasteiger partial charge in [0.25, 0.3) is 0 Å². The van der Waals surface area contributed by atoms with Gasteiger partial charge < -0.3 is 9.26 Å². The van der Waals surface area contributed by atoms with Crippen LogP contribution in [0.5, 0.6) is 5.75 Å². The predicted molar refractivity (Wildman–Crippen MR) is 113 cm³/mol. The number of benzene rings is 2. The highest BCUT2D eigenvalue weighted by atomic mass is 32.1. The van der Waals surface area contributed by atoms with E-state index in [-0.39, 0.29) is 6.04 Å². The van der Waals surface area contributed by atoms with Crippen LogP contribution in [-0.4, -0.2) is 28.7 Å². The largest absolute Gasteiger partial charge is 0.497 e. The maximum absolute atomic E-state index is 5.60. The van der Waals surface area contributed by atoms with Gasteiger partial charge in [-0.25, -0.2) is 0 Å². The zero-order valence-electron chi connectivity index (χ0n) is 16.1. The Bertz CT molecular complexity index is 1090. The van der Waals surface area contributed by atoms with Crippen molar-refractivity contribution < 1.29 is 9.26 Å². The van der Waals surface area contributed by atoms with E-state index in [4.69, 9.17) is 9.26 Å². The van der Waals surface area contributed by atoms with Crippen LogP contribution in [0.15, 0.2) is 70.6 Å². The summed E-state index contributed by atoms with van der Waals surface area (Å²) in [5, 5.41) is 6.38. The monoisotopic (exact) mass is 403 g/mol. The number of hydrogen-bond donors (Lipinski definition) is 0. The maximum Gasteiger partial charge on any atom is 0.241 e. The molecule has 1 unspecified atom stereocenters. The lowest BCUT2D eigenvalue weighted by atomic mass is 9.93. The van der Waals surface area contributed by atoms with Gasteiger partial charge in [-0.3, -0.25) is 4.90 Å². The van der Waals surface area contributed by atoms with E-state index in [2.05, 4.69) is 56.8 Å². The Kier molecular flexibility index (Phi) is 4.87. The Hall–Kier alpha value is -2.96. The van der Waals surface area contributed by atoms with Gasteiger partial charge in [-0.2, -0.15) is 4.98 Å². The van der Waals surface area contributed by atoms with E-state index < -0.39 is 0 Å². The number of thiophene rings is 1. The number of hydrogen-bond acceptors (Lipinski definition) is 6. The number of fused-ring (bicyclic) bond motifs is 1. The van der Waals surface area contributed by atoms with Crippen molar-refractivity contribution in [1.82, 2.24) is 15.0 Å². The fraction of sp³-hybridized carbons (Fsp3) is 0.217. The summed E-state index contributed by atoms with van der Waals surface area (Å²) in [5.41, 5.74) is 3.60. The third kappa shape index (κ3) is 3.57. The first-order chi connectivity index (χ1) is 14.3. The normalized spacial score (nSPS) is 16.5. The van der Waals surface area contributed by atoms with Crippen LogP contribution in [0.3, 0.4) is 0 Å². The first-order valence-corrected chi connectivity index (χ1v) is 10.5. The summed E-state index contributed by atoms with van der Waals surface area (Å²) < 4.78 is 10.8. The van der Waals surface area contributed by atoms with Crippen molar-refractivity contribution >= 4 is 11.3 Å². The highest BCUT2D eigenvalue weighted by Gasteiger charge is 2.30. The van der Waals surface area contributed by atoms with E-state index in [9.17, 15) is 0 Å². The lowest BCUT2D eigenvalue weighted by molar-refractivity contribution is 0.179. The molecule has 5 nitrogen and oxygen atoms in total. The molecule has 146 valence electrons. The molecule has 1 atom stereocenters. The standard InChI is InChI=1S/C23H21N3O2S/c1-27-18-9-7-17(8-10-18)23-24-21(28-25-23)15-26-13-11-20-19(12-14-29-20)22(26)16-5-3-2-4-6-16/h2-10,12,14,22H,11,13,15H2,1H3. The van der Waals surface area contributed by atoms with Crippen LogP contribution in [0.2, 0.25) is 0 Å². The molecule has 4 aromatic rings. The molecule has 0 amide bonds. The Morgan fingerprint density at radius 3 is 2.72 bits per heavy atom. The lowest BCUT2D eigenvalue weighted by Gasteiger charge is -2.35. The summed E-state index contributed by atoms with van der Waals surface area (Å²) in [5.74, 6) is 2.05. The number of methoxy groups -OCH3 is 1. The van der Waals surface area contributed by atoms with Gasteiger partial charge in [-0.15, -0.1) is 11.3 Å². The van der Waals surface area contributed by atoms with E-state index in [1.165, 1.54) is 16.0 Å². The molecular formula is C23H21N3O2S. The maximum atomic E-state index is 5.60. The second kappa shape index (κ2) is 7.81. The molecule has 0 N–H and O–H groups in total. The lowest BCUT2D eigenvalue weighted by Crippen LogP contribution is -2.35. The van der Waals surface area contributed by atoms with Crippen LogP contribution >= 0.6 is 11.3 Å². The van der Waals surface area contributed by atoms with Gasteiger partial charge in [-0.05, 0) is 53.3 Å². The van der Waals surface area contributed by atoms with Crippen LogP contribution < -0.4 is 4.74 Å². The molecule has 0 spiro atoms. The Morgan fingerprint density at radius 2 is 1.93 bits per heavy atom. The van der Waals surface area contributed by atoms with Crippen LogP contribution in [0.4, 0.5) is 0 Å². The fourth-order valence-electron chi connectivity index (χ4n) is 3.91. The van der Waals surface area contributed by atoms with Crippen LogP contribution in [0.25, 0.3) is 11.4 Å². The van der Waals surface area contributed by atoms with E-state index in [0.29, 0.717) is 18.3 Å². The van der Waals surface area contributed by atoms with Crippen molar-refractivity contribution in [2.24, 2.45) is 0 Å². The van der Waals surface area contributed by atoms with Crippen molar-refractivity contribution in [3.8, 4) is 17.1 Å². The van der Waals surface area contributed by atoms with Crippen molar-refractivity contribution in [2.45, 2.75) is 19.0 Å². The first-order valence-electron chi connectivity index (χ1n) is 9.64. The van der Waals surface area contributed by atoms with Crippen molar-refractivity contribution in [3.05, 3.63) is 87.9 Å². The average molecular weight is 404 g/mol. The molecule has 0 fully saturated rings. The molecule has 29 heavy (non-hydrogen) atoms. The zero-order valence-corrected chi connectivity index (χ0v) is 16.9. The fourth-order valence-corrected chi connectivity index (χ4v) is 4.82. The summed E-state index contributed by atoms with van der Waals surface area (Å²) in [4.78, 5) is 8.54. The first kappa shape index (κ1) is 18.1. The van der Waals surface area contributed by atoms with Crippen molar-refractivity contribution in [3.63, 3.8) is 0 Å².